The van der Waals surface area contributed by atoms with E-state index in [2.05, 4.69) is 6.07 Å². The Bertz CT molecular complexity index is 747. The Labute approximate surface area is 118 Å². The number of phenolic OH excluding ortho intramolecular Hbond substituents is 1. The molecule has 100 valence electrons. The van der Waals surface area contributed by atoms with E-state index in [-0.39, 0.29) is 5.75 Å². The summed E-state index contributed by atoms with van der Waals surface area (Å²) < 4.78 is 5.55. The number of phenols is 1. The van der Waals surface area contributed by atoms with E-state index in [0.29, 0.717) is 6.61 Å². The van der Waals surface area contributed by atoms with E-state index in [1.807, 2.05) is 49.4 Å². The molecule has 0 aromatic heterocycles. The first kappa shape index (κ1) is 12.5. The molecule has 2 heteroatoms. The van der Waals surface area contributed by atoms with E-state index in [9.17, 15) is 5.11 Å². The Balaban J connectivity index is 2.21. The first-order chi connectivity index (χ1) is 9.78. The molecule has 0 saturated heterocycles. The maximum absolute atomic E-state index is 9.91. The lowest BCUT2D eigenvalue weighted by Gasteiger charge is -2.10. The molecule has 3 rings (SSSR count). The van der Waals surface area contributed by atoms with Crippen molar-refractivity contribution in [2.75, 3.05) is 6.61 Å². The molecule has 0 aliphatic rings. The predicted octanol–water partition coefficient (Wildman–Crippen LogP) is 4.61. The zero-order valence-electron chi connectivity index (χ0n) is 11.3. The summed E-state index contributed by atoms with van der Waals surface area (Å²) in [5.41, 5.74) is 2.06. The smallest absolute Gasteiger partial charge is 0.119 e. The highest BCUT2D eigenvalue weighted by atomic mass is 16.5. The number of ether oxygens (including phenoxy) is 1. The van der Waals surface area contributed by atoms with Crippen LogP contribution in [0.5, 0.6) is 11.5 Å². The van der Waals surface area contributed by atoms with Crippen molar-refractivity contribution in [2.24, 2.45) is 0 Å². The Kier molecular flexibility index (Phi) is 3.30. The van der Waals surface area contributed by atoms with Crippen molar-refractivity contribution in [3.05, 3.63) is 60.7 Å². The van der Waals surface area contributed by atoms with Gasteiger partial charge in [0.25, 0.3) is 0 Å². The molecule has 0 amide bonds. The van der Waals surface area contributed by atoms with Crippen LogP contribution in [0.3, 0.4) is 0 Å². The molecular weight excluding hydrogens is 248 g/mol. The Morgan fingerprint density at radius 2 is 1.80 bits per heavy atom. The van der Waals surface area contributed by atoms with Crippen molar-refractivity contribution in [1.29, 1.82) is 0 Å². The van der Waals surface area contributed by atoms with Crippen molar-refractivity contribution >= 4 is 10.8 Å². The molecule has 0 saturated carbocycles. The minimum absolute atomic E-state index is 0.278. The van der Waals surface area contributed by atoms with E-state index in [1.165, 1.54) is 0 Å². The minimum atomic E-state index is 0.278. The number of benzene rings is 3. The lowest BCUT2D eigenvalue weighted by atomic mass is 9.98. The van der Waals surface area contributed by atoms with Gasteiger partial charge in [-0.05, 0) is 53.1 Å². The van der Waals surface area contributed by atoms with Gasteiger partial charge in [-0.2, -0.15) is 0 Å². The van der Waals surface area contributed by atoms with Crippen LogP contribution in [0.2, 0.25) is 0 Å². The van der Waals surface area contributed by atoms with Crippen molar-refractivity contribution in [3.8, 4) is 22.6 Å². The van der Waals surface area contributed by atoms with Crippen molar-refractivity contribution in [3.63, 3.8) is 0 Å². The van der Waals surface area contributed by atoms with Gasteiger partial charge in [0.15, 0.2) is 0 Å². The third kappa shape index (κ3) is 2.32. The van der Waals surface area contributed by atoms with Crippen LogP contribution < -0.4 is 4.74 Å². The lowest BCUT2D eigenvalue weighted by molar-refractivity contribution is 0.340. The van der Waals surface area contributed by atoms with Gasteiger partial charge in [-0.25, -0.2) is 0 Å². The molecule has 0 aliphatic heterocycles. The van der Waals surface area contributed by atoms with Crippen molar-refractivity contribution in [2.45, 2.75) is 6.92 Å². The molecule has 20 heavy (non-hydrogen) atoms. The van der Waals surface area contributed by atoms with Crippen LogP contribution in [0.1, 0.15) is 6.92 Å². The standard InChI is InChI=1S/C18H16O2/c1-2-20-16-8-5-7-14(11-16)18-12-15(19)10-13-6-3-4-9-17(13)18/h3-12,19H,2H2,1H3. The van der Waals surface area contributed by atoms with E-state index < -0.39 is 0 Å². The minimum Gasteiger partial charge on any atom is -0.508 e. The van der Waals surface area contributed by atoms with Gasteiger partial charge in [-0.1, -0.05) is 36.4 Å². The predicted molar refractivity (Wildman–Crippen MR) is 82.2 cm³/mol. The first-order valence-corrected chi connectivity index (χ1v) is 6.73. The average molecular weight is 264 g/mol. The maximum Gasteiger partial charge on any atom is 0.119 e. The Morgan fingerprint density at radius 1 is 0.950 bits per heavy atom. The molecule has 0 radical (unpaired) electrons. The molecular formula is C18H16O2. The normalized spacial score (nSPS) is 10.7. The summed E-state index contributed by atoms with van der Waals surface area (Å²) >= 11 is 0. The van der Waals surface area contributed by atoms with Gasteiger partial charge in [0.05, 0.1) is 6.61 Å². The third-order valence-corrected chi connectivity index (χ3v) is 3.30. The van der Waals surface area contributed by atoms with E-state index in [0.717, 1.165) is 27.6 Å². The molecule has 0 spiro atoms. The summed E-state index contributed by atoms with van der Waals surface area (Å²) in [6.45, 7) is 2.61. The van der Waals surface area contributed by atoms with Crippen molar-refractivity contribution < 1.29 is 9.84 Å². The van der Waals surface area contributed by atoms with Crippen molar-refractivity contribution in [1.82, 2.24) is 0 Å². The molecule has 0 bridgehead atoms. The molecule has 1 N–H and O–H groups in total. The Morgan fingerprint density at radius 3 is 2.65 bits per heavy atom. The molecule has 0 atom stereocenters. The van der Waals surface area contributed by atoms with E-state index in [4.69, 9.17) is 4.74 Å². The summed E-state index contributed by atoms with van der Waals surface area (Å²) in [6.07, 6.45) is 0. The molecule has 0 heterocycles. The second-order valence-corrected chi connectivity index (χ2v) is 4.68. The van der Waals surface area contributed by atoms with Gasteiger partial charge in [-0.3, -0.25) is 0 Å². The van der Waals surface area contributed by atoms with Gasteiger partial charge in [0.2, 0.25) is 0 Å². The maximum atomic E-state index is 9.91. The quantitative estimate of drug-likeness (QED) is 0.748. The van der Waals surface area contributed by atoms with E-state index >= 15 is 0 Å². The highest BCUT2D eigenvalue weighted by molar-refractivity contribution is 5.98. The highest BCUT2D eigenvalue weighted by Crippen LogP contribution is 2.33. The van der Waals surface area contributed by atoms with Gasteiger partial charge >= 0.3 is 0 Å². The largest absolute Gasteiger partial charge is 0.508 e. The second-order valence-electron chi connectivity index (χ2n) is 4.68. The summed E-state index contributed by atoms with van der Waals surface area (Å²) in [7, 11) is 0. The summed E-state index contributed by atoms with van der Waals surface area (Å²) in [5.74, 6) is 1.12. The molecule has 0 fully saturated rings. The first-order valence-electron chi connectivity index (χ1n) is 6.73. The molecule has 0 unspecified atom stereocenters. The number of fused-ring (bicyclic) bond motifs is 1. The molecule has 2 nitrogen and oxygen atoms in total. The topological polar surface area (TPSA) is 29.5 Å². The van der Waals surface area contributed by atoms with E-state index in [1.54, 1.807) is 12.1 Å². The average Bonchev–Trinajstić information content (AvgIpc) is 2.47. The Hall–Kier alpha value is -2.48. The monoisotopic (exact) mass is 264 g/mol. The van der Waals surface area contributed by atoms with Gasteiger partial charge in [0, 0.05) is 0 Å². The second kappa shape index (κ2) is 5.25. The summed E-state index contributed by atoms with van der Waals surface area (Å²) in [5, 5.41) is 12.1. The van der Waals surface area contributed by atoms with Crippen LogP contribution in [0.15, 0.2) is 60.7 Å². The number of rotatable bonds is 3. The zero-order chi connectivity index (χ0) is 13.9. The van der Waals surface area contributed by atoms with Crippen LogP contribution in [-0.2, 0) is 0 Å². The number of hydrogen-bond donors (Lipinski definition) is 1. The van der Waals surface area contributed by atoms with Crippen LogP contribution >= 0.6 is 0 Å². The van der Waals surface area contributed by atoms with Crippen LogP contribution in [0.4, 0.5) is 0 Å². The van der Waals surface area contributed by atoms with Crippen LogP contribution in [0.25, 0.3) is 21.9 Å². The van der Waals surface area contributed by atoms with Gasteiger partial charge in [0.1, 0.15) is 11.5 Å². The van der Waals surface area contributed by atoms with Crippen LogP contribution in [-0.4, -0.2) is 11.7 Å². The molecule has 3 aromatic carbocycles. The summed E-state index contributed by atoms with van der Waals surface area (Å²) in [4.78, 5) is 0. The van der Waals surface area contributed by atoms with Crippen LogP contribution in [0, 0.1) is 0 Å². The molecule has 0 aliphatic carbocycles. The fraction of sp³-hybridized carbons (Fsp3) is 0.111. The highest BCUT2D eigenvalue weighted by Gasteiger charge is 2.07. The number of aromatic hydroxyl groups is 1. The third-order valence-electron chi connectivity index (χ3n) is 3.30. The SMILES string of the molecule is CCOc1cccc(-c2cc(O)cc3ccccc23)c1. The van der Waals surface area contributed by atoms with Gasteiger partial charge < -0.3 is 9.84 Å². The lowest BCUT2D eigenvalue weighted by Crippen LogP contribution is -1.91. The van der Waals surface area contributed by atoms with Gasteiger partial charge in [-0.15, -0.1) is 0 Å². The fourth-order valence-corrected chi connectivity index (χ4v) is 2.45. The summed E-state index contributed by atoms with van der Waals surface area (Å²) in [6, 6.07) is 19.6. The fourth-order valence-electron chi connectivity index (χ4n) is 2.45. The molecule has 3 aromatic rings. The number of hydrogen-bond acceptors (Lipinski definition) is 2. The zero-order valence-corrected chi connectivity index (χ0v) is 11.3.